The van der Waals surface area contributed by atoms with E-state index in [-0.39, 0.29) is 34.5 Å². The molecular formula is C14H11NaO4S2. The zero-order valence-electron chi connectivity index (χ0n) is 11.4. The van der Waals surface area contributed by atoms with Gasteiger partial charge >= 0.3 is 29.6 Å². The summed E-state index contributed by atoms with van der Waals surface area (Å²) in [7, 11) is -3.82. The summed E-state index contributed by atoms with van der Waals surface area (Å²) >= 11 is 1.50. The number of aliphatic carboxylic acids is 1. The molecule has 2 aromatic rings. The first-order valence-electron chi connectivity index (χ1n) is 5.73. The predicted octanol–water partition coefficient (Wildman–Crippen LogP) is -1.63. The number of carbonyl (C=O) groups excluding carboxylic acids is 1. The Morgan fingerprint density at radius 3 is 2.00 bits per heavy atom. The number of hydrogen-bond acceptors (Lipinski definition) is 5. The summed E-state index contributed by atoms with van der Waals surface area (Å²) in [5, 5.41) is 10.4. The van der Waals surface area contributed by atoms with Crippen molar-refractivity contribution >= 4 is 27.6 Å². The van der Waals surface area contributed by atoms with Gasteiger partial charge in [-0.25, -0.2) is 8.42 Å². The van der Waals surface area contributed by atoms with E-state index < -0.39 is 21.6 Å². The first kappa shape index (κ1) is 18.3. The zero-order valence-corrected chi connectivity index (χ0v) is 15.0. The van der Waals surface area contributed by atoms with Crippen LogP contribution in [0, 0.1) is 0 Å². The molecule has 104 valence electrons. The molecule has 2 aromatic carbocycles. The smallest absolute Gasteiger partial charge is 0.549 e. The quantitative estimate of drug-likeness (QED) is 0.615. The van der Waals surface area contributed by atoms with Gasteiger partial charge in [-0.05, 0) is 36.4 Å². The molecule has 0 heterocycles. The largest absolute Gasteiger partial charge is 1.00 e. The van der Waals surface area contributed by atoms with Crippen LogP contribution in [0.1, 0.15) is 0 Å². The molecule has 0 saturated carbocycles. The molecule has 4 nitrogen and oxygen atoms in total. The SMILES string of the molecule is O=C([O-])CS(=O)(=O)c1ccc(Sc2ccccc2)cc1.[Na+]. The fraction of sp³-hybridized carbons (Fsp3) is 0.0714. The molecule has 0 aromatic heterocycles. The van der Waals surface area contributed by atoms with E-state index in [4.69, 9.17) is 0 Å². The molecule has 21 heavy (non-hydrogen) atoms. The molecule has 0 fully saturated rings. The molecule has 0 amide bonds. The third-order valence-electron chi connectivity index (χ3n) is 2.47. The van der Waals surface area contributed by atoms with Crippen molar-refractivity contribution in [2.75, 3.05) is 5.75 Å². The van der Waals surface area contributed by atoms with Crippen LogP contribution in [0.15, 0.2) is 69.3 Å². The fourth-order valence-corrected chi connectivity index (χ4v) is 3.44. The van der Waals surface area contributed by atoms with Crippen LogP contribution in [-0.2, 0) is 14.6 Å². The molecule has 0 aliphatic rings. The van der Waals surface area contributed by atoms with E-state index in [1.54, 1.807) is 12.1 Å². The summed E-state index contributed by atoms with van der Waals surface area (Å²) in [5.74, 6) is -2.61. The Labute approximate surface area is 149 Å². The van der Waals surface area contributed by atoms with Gasteiger partial charge in [-0.15, -0.1) is 0 Å². The topological polar surface area (TPSA) is 74.3 Å². The van der Waals surface area contributed by atoms with Crippen molar-refractivity contribution in [3.05, 3.63) is 54.6 Å². The normalized spacial score (nSPS) is 10.7. The Morgan fingerprint density at radius 2 is 1.48 bits per heavy atom. The van der Waals surface area contributed by atoms with Crippen molar-refractivity contribution in [3.63, 3.8) is 0 Å². The third-order valence-corrected chi connectivity index (χ3v) is 5.09. The second kappa shape index (κ2) is 8.00. The summed E-state index contributed by atoms with van der Waals surface area (Å²) in [4.78, 5) is 12.3. The fourth-order valence-electron chi connectivity index (χ4n) is 1.58. The Morgan fingerprint density at radius 1 is 0.952 bits per heavy atom. The maximum atomic E-state index is 11.7. The summed E-state index contributed by atoms with van der Waals surface area (Å²) < 4.78 is 23.4. The second-order valence-electron chi connectivity index (χ2n) is 4.02. The minimum atomic E-state index is -3.82. The van der Waals surface area contributed by atoms with Crippen LogP contribution < -0.4 is 34.7 Å². The van der Waals surface area contributed by atoms with Gasteiger partial charge in [-0.1, -0.05) is 30.0 Å². The van der Waals surface area contributed by atoms with Gasteiger partial charge in [0, 0.05) is 9.79 Å². The zero-order chi connectivity index (χ0) is 14.6. The Kier molecular flexibility index (Phi) is 6.96. The van der Waals surface area contributed by atoms with E-state index in [2.05, 4.69) is 0 Å². The van der Waals surface area contributed by atoms with Crippen molar-refractivity contribution in [2.45, 2.75) is 14.7 Å². The molecule has 0 aliphatic carbocycles. The number of carboxylic acid groups (broad SMARTS) is 1. The van der Waals surface area contributed by atoms with Crippen LogP contribution in [0.4, 0.5) is 0 Å². The third kappa shape index (κ3) is 5.48. The molecule has 0 spiro atoms. The monoisotopic (exact) mass is 330 g/mol. The number of rotatable bonds is 5. The van der Waals surface area contributed by atoms with E-state index in [1.165, 1.54) is 23.9 Å². The van der Waals surface area contributed by atoms with Crippen LogP contribution in [0.25, 0.3) is 0 Å². The molecule has 0 N–H and O–H groups in total. The molecule has 7 heteroatoms. The Hall–Kier alpha value is -0.790. The summed E-state index contributed by atoms with van der Waals surface area (Å²) in [5.41, 5.74) is 0. The van der Waals surface area contributed by atoms with Gasteiger partial charge in [0.1, 0.15) is 0 Å². The minimum Gasteiger partial charge on any atom is -0.549 e. The van der Waals surface area contributed by atoms with E-state index in [0.29, 0.717) is 0 Å². The Bertz CT molecular complexity index is 698. The van der Waals surface area contributed by atoms with Crippen LogP contribution >= 0.6 is 11.8 Å². The van der Waals surface area contributed by atoms with E-state index in [1.807, 2.05) is 30.3 Å². The van der Waals surface area contributed by atoms with Gasteiger partial charge in [0.2, 0.25) is 0 Å². The van der Waals surface area contributed by atoms with Gasteiger partial charge in [0.15, 0.2) is 9.84 Å². The summed E-state index contributed by atoms with van der Waals surface area (Å²) in [6, 6.07) is 15.8. The molecule has 0 atom stereocenters. The van der Waals surface area contributed by atoms with Crippen LogP contribution in [0.2, 0.25) is 0 Å². The summed E-state index contributed by atoms with van der Waals surface area (Å²) in [6.45, 7) is 0. The average Bonchev–Trinajstić information content (AvgIpc) is 2.39. The standard InChI is InChI=1S/C14H12O4S2.Na/c15-14(16)10-20(17,18)13-8-6-12(7-9-13)19-11-4-2-1-3-5-11;/h1-9H,10H2,(H,15,16);/q;+1/p-1. The van der Waals surface area contributed by atoms with Gasteiger partial charge in [0.25, 0.3) is 0 Å². The van der Waals surface area contributed by atoms with E-state index >= 15 is 0 Å². The molecule has 0 unspecified atom stereocenters. The molecule has 0 bridgehead atoms. The molecular weight excluding hydrogens is 319 g/mol. The van der Waals surface area contributed by atoms with Crippen molar-refractivity contribution in [3.8, 4) is 0 Å². The number of sulfone groups is 1. The predicted molar refractivity (Wildman–Crippen MR) is 74.1 cm³/mol. The van der Waals surface area contributed by atoms with Gasteiger partial charge in [-0.2, -0.15) is 0 Å². The van der Waals surface area contributed by atoms with Crippen LogP contribution in [0.3, 0.4) is 0 Å². The number of carboxylic acids is 1. The number of hydrogen-bond donors (Lipinski definition) is 0. The Balaban J connectivity index is 0.00000220. The van der Waals surface area contributed by atoms with Crippen LogP contribution in [-0.4, -0.2) is 20.1 Å². The van der Waals surface area contributed by atoms with Gasteiger partial charge < -0.3 is 9.90 Å². The summed E-state index contributed by atoms with van der Waals surface area (Å²) in [6.07, 6.45) is 0. The van der Waals surface area contributed by atoms with Gasteiger partial charge in [-0.3, -0.25) is 0 Å². The van der Waals surface area contributed by atoms with Crippen LogP contribution in [0.5, 0.6) is 0 Å². The number of benzene rings is 2. The molecule has 0 radical (unpaired) electrons. The average molecular weight is 330 g/mol. The van der Waals surface area contributed by atoms with Gasteiger partial charge in [0.05, 0.1) is 16.6 Å². The molecule has 0 aliphatic heterocycles. The van der Waals surface area contributed by atoms with Crippen molar-refractivity contribution < 1.29 is 47.9 Å². The van der Waals surface area contributed by atoms with Crippen molar-refractivity contribution in [1.82, 2.24) is 0 Å². The van der Waals surface area contributed by atoms with Crippen molar-refractivity contribution in [1.29, 1.82) is 0 Å². The first-order chi connectivity index (χ1) is 9.47. The minimum absolute atomic E-state index is 0. The van der Waals surface area contributed by atoms with E-state index in [9.17, 15) is 18.3 Å². The molecule has 0 saturated heterocycles. The molecule has 2 rings (SSSR count). The maximum Gasteiger partial charge on any atom is 1.00 e. The maximum absolute atomic E-state index is 11.7. The first-order valence-corrected chi connectivity index (χ1v) is 8.20. The number of carbonyl (C=O) groups is 1. The van der Waals surface area contributed by atoms with Crippen molar-refractivity contribution in [2.24, 2.45) is 0 Å². The van der Waals surface area contributed by atoms with E-state index in [0.717, 1.165) is 9.79 Å². The second-order valence-corrected chi connectivity index (χ2v) is 7.15.